The van der Waals surface area contributed by atoms with Crippen molar-refractivity contribution in [2.45, 2.75) is 25.3 Å². The first-order valence-corrected chi connectivity index (χ1v) is 6.67. The standard InChI is InChI=1S/C14H18N2O4/c1-20-14(17)13-3-2-9-15(13)10-8-11-4-6-12(7-5-11)16(18)19/h4-7,13H,2-3,8-10H2,1H3. The van der Waals surface area contributed by atoms with Crippen LogP contribution in [-0.4, -0.2) is 42.0 Å². The van der Waals surface area contributed by atoms with Crippen molar-refractivity contribution in [3.63, 3.8) is 0 Å². The average Bonchev–Trinajstić information content (AvgIpc) is 2.93. The van der Waals surface area contributed by atoms with Crippen molar-refractivity contribution in [3.05, 3.63) is 39.9 Å². The Morgan fingerprint density at radius 1 is 1.45 bits per heavy atom. The summed E-state index contributed by atoms with van der Waals surface area (Å²) in [5.41, 5.74) is 1.13. The molecule has 0 bridgehead atoms. The van der Waals surface area contributed by atoms with Gasteiger partial charge in [-0.3, -0.25) is 19.8 Å². The first kappa shape index (κ1) is 14.5. The Labute approximate surface area is 117 Å². The Morgan fingerprint density at radius 3 is 2.75 bits per heavy atom. The molecule has 0 aromatic heterocycles. The number of benzene rings is 1. The molecular weight excluding hydrogens is 260 g/mol. The second-order valence-electron chi connectivity index (χ2n) is 4.89. The molecule has 1 atom stereocenters. The van der Waals surface area contributed by atoms with Gasteiger partial charge in [0.1, 0.15) is 6.04 Å². The summed E-state index contributed by atoms with van der Waals surface area (Å²) in [5.74, 6) is -0.175. The van der Waals surface area contributed by atoms with Gasteiger partial charge in [-0.15, -0.1) is 0 Å². The minimum Gasteiger partial charge on any atom is -0.468 e. The third kappa shape index (κ3) is 3.33. The number of ether oxygens (including phenoxy) is 1. The highest BCUT2D eigenvalue weighted by Crippen LogP contribution is 2.19. The van der Waals surface area contributed by atoms with E-state index in [0.717, 1.165) is 37.9 Å². The van der Waals surface area contributed by atoms with Crippen LogP contribution >= 0.6 is 0 Å². The van der Waals surface area contributed by atoms with Crippen LogP contribution in [0.2, 0.25) is 0 Å². The minimum atomic E-state index is -0.405. The normalized spacial score (nSPS) is 18.9. The topological polar surface area (TPSA) is 72.7 Å². The number of non-ortho nitro benzene ring substituents is 1. The van der Waals surface area contributed by atoms with Crippen LogP contribution in [0.3, 0.4) is 0 Å². The lowest BCUT2D eigenvalue weighted by atomic mass is 10.1. The summed E-state index contributed by atoms with van der Waals surface area (Å²) in [6.07, 6.45) is 2.61. The molecule has 1 aromatic rings. The van der Waals surface area contributed by atoms with Gasteiger partial charge in [-0.25, -0.2) is 0 Å². The molecule has 1 aromatic carbocycles. The van der Waals surface area contributed by atoms with Gasteiger partial charge in [-0.1, -0.05) is 12.1 Å². The van der Waals surface area contributed by atoms with Crippen molar-refractivity contribution >= 4 is 11.7 Å². The third-order valence-electron chi connectivity index (χ3n) is 3.67. The third-order valence-corrected chi connectivity index (χ3v) is 3.67. The number of likely N-dealkylation sites (tertiary alicyclic amines) is 1. The van der Waals surface area contributed by atoms with Crippen molar-refractivity contribution in [3.8, 4) is 0 Å². The van der Waals surface area contributed by atoms with E-state index in [1.807, 2.05) is 0 Å². The molecule has 1 unspecified atom stereocenters. The maximum Gasteiger partial charge on any atom is 0.323 e. The van der Waals surface area contributed by atoms with Gasteiger partial charge in [-0.05, 0) is 31.4 Å². The van der Waals surface area contributed by atoms with Crippen LogP contribution in [0.15, 0.2) is 24.3 Å². The van der Waals surface area contributed by atoms with Crippen molar-refractivity contribution in [1.29, 1.82) is 0 Å². The first-order chi connectivity index (χ1) is 9.61. The second-order valence-corrected chi connectivity index (χ2v) is 4.89. The number of carbonyl (C=O) groups excluding carboxylic acids is 1. The van der Waals surface area contributed by atoms with Crippen LogP contribution in [0.4, 0.5) is 5.69 Å². The highest BCUT2D eigenvalue weighted by Gasteiger charge is 2.30. The molecule has 108 valence electrons. The van der Waals surface area contributed by atoms with Gasteiger partial charge in [0, 0.05) is 18.7 Å². The maximum absolute atomic E-state index is 11.6. The number of carbonyl (C=O) groups is 1. The average molecular weight is 278 g/mol. The van der Waals surface area contributed by atoms with Crippen molar-refractivity contribution in [2.75, 3.05) is 20.2 Å². The molecule has 6 nitrogen and oxygen atoms in total. The van der Waals surface area contributed by atoms with Crippen LogP contribution in [-0.2, 0) is 16.0 Å². The predicted molar refractivity (Wildman–Crippen MR) is 73.4 cm³/mol. The van der Waals surface area contributed by atoms with Crippen molar-refractivity contribution < 1.29 is 14.5 Å². The lowest BCUT2D eigenvalue weighted by molar-refractivity contribution is -0.384. The minimum absolute atomic E-state index is 0.0994. The number of hydrogen-bond acceptors (Lipinski definition) is 5. The van der Waals surface area contributed by atoms with E-state index in [1.54, 1.807) is 12.1 Å². The molecule has 0 aliphatic carbocycles. The van der Waals surface area contributed by atoms with Gasteiger partial charge in [0.15, 0.2) is 0 Å². The molecule has 6 heteroatoms. The van der Waals surface area contributed by atoms with Gasteiger partial charge in [-0.2, -0.15) is 0 Å². The number of nitro groups is 1. The zero-order valence-corrected chi connectivity index (χ0v) is 11.4. The van der Waals surface area contributed by atoms with E-state index in [9.17, 15) is 14.9 Å². The SMILES string of the molecule is COC(=O)C1CCCN1CCc1ccc([N+](=O)[O-])cc1. The fourth-order valence-electron chi connectivity index (χ4n) is 2.55. The number of rotatable bonds is 5. The Morgan fingerprint density at radius 2 is 2.15 bits per heavy atom. The van der Waals surface area contributed by atoms with E-state index >= 15 is 0 Å². The van der Waals surface area contributed by atoms with Crippen molar-refractivity contribution in [1.82, 2.24) is 4.90 Å². The van der Waals surface area contributed by atoms with Crippen molar-refractivity contribution in [2.24, 2.45) is 0 Å². The number of methoxy groups -OCH3 is 1. The fraction of sp³-hybridized carbons (Fsp3) is 0.500. The van der Waals surface area contributed by atoms with Crippen LogP contribution in [0.5, 0.6) is 0 Å². The molecule has 1 aliphatic heterocycles. The van der Waals surface area contributed by atoms with E-state index in [-0.39, 0.29) is 17.7 Å². The summed E-state index contributed by atoms with van der Waals surface area (Å²) in [5, 5.41) is 10.6. The Balaban J connectivity index is 1.91. The molecule has 0 amide bonds. The molecule has 1 fully saturated rings. The van der Waals surface area contributed by atoms with Gasteiger partial charge < -0.3 is 4.74 Å². The largest absolute Gasteiger partial charge is 0.468 e. The molecular formula is C14H18N2O4. The van der Waals surface area contributed by atoms with E-state index in [4.69, 9.17) is 4.74 Å². The number of hydrogen-bond donors (Lipinski definition) is 0. The lowest BCUT2D eigenvalue weighted by Gasteiger charge is -2.22. The molecule has 0 radical (unpaired) electrons. The fourth-order valence-corrected chi connectivity index (χ4v) is 2.55. The zero-order valence-electron chi connectivity index (χ0n) is 11.4. The number of nitro benzene ring substituents is 1. The summed E-state index contributed by atoms with van der Waals surface area (Å²) < 4.78 is 4.80. The summed E-state index contributed by atoms with van der Waals surface area (Å²) >= 11 is 0. The van der Waals surface area contributed by atoms with Gasteiger partial charge in [0.25, 0.3) is 5.69 Å². The lowest BCUT2D eigenvalue weighted by Crippen LogP contribution is -2.38. The summed E-state index contributed by atoms with van der Waals surface area (Å²) in [6, 6.07) is 6.41. The van der Waals surface area contributed by atoms with E-state index in [0.29, 0.717) is 0 Å². The molecule has 20 heavy (non-hydrogen) atoms. The van der Waals surface area contributed by atoms with Crippen LogP contribution in [0.1, 0.15) is 18.4 Å². The number of esters is 1. The van der Waals surface area contributed by atoms with Crippen LogP contribution < -0.4 is 0 Å². The quantitative estimate of drug-likeness (QED) is 0.466. The smallest absolute Gasteiger partial charge is 0.323 e. The Kier molecular flexibility index (Phi) is 4.68. The highest BCUT2D eigenvalue weighted by atomic mass is 16.6. The molecule has 0 saturated carbocycles. The number of nitrogens with zero attached hydrogens (tertiary/aromatic N) is 2. The maximum atomic E-state index is 11.6. The summed E-state index contributed by atoms with van der Waals surface area (Å²) in [6.45, 7) is 1.66. The molecule has 2 rings (SSSR count). The van der Waals surface area contributed by atoms with Crippen LogP contribution in [0.25, 0.3) is 0 Å². The highest BCUT2D eigenvalue weighted by molar-refractivity contribution is 5.75. The van der Waals surface area contributed by atoms with Crippen LogP contribution in [0, 0.1) is 10.1 Å². The second kappa shape index (κ2) is 6.47. The molecule has 1 heterocycles. The summed E-state index contributed by atoms with van der Waals surface area (Å²) in [7, 11) is 1.41. The Bertz CT molecular complexity index is 486. The molecule has 1 saturated heterocycles. The predicted octanol–water partition coefficient (Wildman–Crippen LogP) is 1.77. The van der Waals surface area contributed by atoms with Gasteiger partial charge in [0.2, 0.25) is 0 Å². The van der Waals surface area contributed by atoms with E-state index < -0.39 is 4.92 Å². The first-order valence-electron chi connectivity index (χ1n) is 6.67. The molecule has 0 N–H and O–H groups in total. The Hall–Kier alpha value is -1.95. The zero-order chi connectivity index (χ0) is 14.5. The molecule has 0 spiro atoms. The van der Waals surface area contributed by atoms with Gasteiger partial charge in [0.05, 0.1) is 12.0 Å². The van der Waals surface area contributed by atoms with Gasteiger partial charge >= 0.3 is 5.97 Å². The van der Waals surface area contributed by atoms with E-state index in [2.05, 4.69) is 4.90 Å². The molecule has 1 aliphatic rings. The summed E-state index contributed by atoms with van der Waals surface area (Å²) in [4.78, 5) is 23.9. The monoisotopic (exact) mass is 278 g/mol. The van der Waals surface area contributed by atoms with E-state index in [1.165, 1.54) is 19.2 Å².